The minimum atomic E-state index is 0.690. The average molecular weight is 297 g/mol. The number of hydrogen-bond donors (Lipinski definition) is 1. The fourth-order valence-corrected chi connectivity index (χ4v) is 4.94. The molecule has 2 heterocycles. The molecule has 3 nitrogen and oxygen atoms in total. The lowest BCUT2D eigenvalue weighted by atomic mass is 10.2. The molecule has 1 saturated heterocycles. The molecule has 1 unspecified atom stereocenters. The third-order valence-corrected chi connectivity index (χ3v) is 6.28. The normalized spacial score (nSPS) is 22.9. The van der Waals surface area contributed by atoms with Gasteiger partial charge in [0, 0.05) is 36.2 Å². The van der Waals surface area contributed by atoms with E-state index in [0.29, 0.717) is 6.04 Å². The molecule has 0 spiro atoms. The molecule has 2 fully saturated rings. The summed E-state index contributed by atoms with van der Waals surface area (Å²) >= 11 is 3.98. The number of thiazole rings is 1. The second-order valence-corrected chi connectivity index (χ2v) is 7.70. The second kappa shape index (κ2) is 6.02. The Kier molecular flexibility index (Phi) is 4.34. The van der Waals surface area contributed by atoms with E-state index >= 15 is 0 Å². The number of hydrogen-bond acceptors (Lipinski definition) is 5. The zero-order chi connectivity index (χ0) is 13.2. The molecule has 1 aromatic rings. The van der Waals surface area contributed by atoms with Crippen LogP contribution in [0.3, 0.4) is 0 Å². The largest absolute Gasteiger partial charge is 0.347 e. The Morgan fingerprint density at radius 3 is 2.84 bits per heavy atom. The molecule has 0 aromatic carbocycles. The van der Waals surface area contributed by atoms with E-state index < -0.39 is 0 Å². The van der Waals surface area contributed by atoms with E-state index in [2.05, 4.69) is 35.9 Å². The molecule has 1 atom stereocenters. The molecule has 2 aliphatic rings. The fourth-order valence-electron chi connectivity index (χ4n) is 2.53. The molecule has 0 amide bonds. The van der Waals surface area contributed by atoms with E-state index in [4.69, 9.17) is 4.98 Å². The van der Waals surface area contributed by atoms with Crippen LogP contribution in [0.5, 0.6) is 0 Å². The van der Waals surface area contributed by atoms with Crippen molar-refractivity contribution in [3.8, 4) is 0 Å². The summed E-state index contributed by atoms with van der Waals surface area (Å²) in [6.07, 6.45) is 3.98. The van der Waals surface area contributed by atoms with Crippen LogP contribution in [0.25, 0.3) is 0 Å². The Hall–Kier alpha value is -0.260. The highest BCUT2D eigenvalue weighted by Gasteiger charge is 2.31. The van der Waals surface area contributed by atoms with Gasteiger partial charge in [0.25, 0.3) is 0 Å². The monoisotopic (exact) mass is 297 g/mol. The first kappa shape index (κ1) is 13.7. The van der Waals surface area contributed by atoms with Gasteiger partial charge >= 0.3 is 0 Å². The van der Waals surface area contributed by atoms with Gasteiger partial charge in [-0.3, -0.25) is 0 Å². The van der Waals surface area contributed by atoms with E-state index in [0.717, 1.165) is 19.0 Å². The summed E-state index contributed by atoms with van der Waals surface area (Å²) < 4.78 is 0. The maximum atomic E-state index is 4.96. The van der Waals surface area contributed by atoms with Crippen LogP contribution >= 0.6 is 23.1 Å². The maximum Gasteiger partial charge on any atom is 0.185 e. The zero-order valence-electron chi connectivity index (χ0n) is 11.8. The summed E-state index contributed by atoms with van der Waals surface area (Å²) in [6, 6.07) is 0.690. The summed E-state index contributed by atoms with van der Waals surface area (Å²) in [6.45, 7) is 4.19. The van der Waals surface area contributed by atoms with E-state index in [1.165, 1.54) is 46.5 Å². The Balaban J connectivity index is 1.76. The van der Waals surface area contributed by atoms with Crippen molar-refractivity contribution in [1.82, 2.24) is 10.3 Å². The fraction of sp³-hybridized carbons (Fsp3) is 0.786. The number of thioether (sulfide) groups is 1. The third-order valence-electron chi connectivity index (χ3n) is 3.97. The van der Waals surface area contributed by atoms with Gasteiger partial charge < -0.3 is 10.2 Å². The highest BCUT2D eigenvalue weighted by Crippen LogP contribution is 2.44. The quantitative estimate of drug-likeness (QED) is 0.873. The lowest BCUT2D eigenvalue weighted by molar-refractivity contribution is 0.696. The Labute approximate surface area is 124 Å². The Morgan fingerprint density at radius 2 is 2.21 bits per heavy atom. The van der Waals surface area contributed by atoms with Gasteiger partial charge in [-0.2, -0.15) is 11.8 Å². The predicted molar refractivity (Wildman–Crippen MR) is 85.6 cm³/mol. The Morgan fingerprint density at radius 1 is 1.37 bits per heavy atom. The molecule has 1 aromatic heterocycles. The molecule has 0 radical (unpaired) electrons. The SMILES string of the molecule is CCNCc1sc(N(C)C2CCSC2)nc1C1CC1. The van der Waals surface area contributed by atoms with Gasteiger partial charge in [0.05, 0.1) is 5.69 Å². The standard InChI is InChI=1S/C14H23N3S2/c1-3-15-8-12-13(10-4-5-10)16-14(19-12)17(2)11-6-7-18-9-11/h10-11,15H,3-9H2,1-2H3. The molecule has 1 aliphatic carbocycles. The maximum absolute atomic E-state index is 4.96. The van der Waals surface area contributed by atoms with Crippen LogP contribution in [-0.4, -0.2) is 36.1 Å². The van der Waals surface area contributed by atoms with Crippen molar-refractivity contribution in [3.05, 3.63) is 10.6 Å². The first-order valence-electron chi connectivity index (χ1n) is 7.30. The molecular formula is C14H23N3S2. The molecule has 106 valence electrons. The lowest BCUT2D eigenvalue weighted by Crippen LogP contribution is -2.31. The van der Waals surface area contributed by atoms with E-state index in [1.54, 1.807) is 0 Å². The molecule has 0 bridgehead atoms. The van der Waals surface area contributed by atoms with Crippen molar-refractivity contribution < 1.29 is 0 Å². The summed E-state index contributed by atoms with van der Waals surface area (Å²) in [7, 11) is 2.23. The molecule has 5 heteroatoms. The Bertz CT molecular complexity index is 422. The minimum absolute atomic E-state index is 0.690. The summed E-state index contributed by atoms with van der Waals surface area (Å²) in [5.41, 5.74) is 1.39. The summed E-state index contributed by atoms with van der Waals surface area (Å²) in [5, 5.41) is 4.70. The molecule has 19 heavy (non-hydrogen) atoms. The minimum Gasteiger partial charge on any atom is -0.347 e. The van der Waals surface area contributed by atoms with Crippen molar-refractivity contribution >= 4 is 28.2 Å². The van der Waals surface area contributed by atoms with Gasteiger partial charge in [-0.25, -0.2) is 4.98 Å². The van der Waals surface area contributed by atoms with Crippen molar-refractivity contribution in [3.63, 3.8) is 0 Å². The van der Waals surface area contributed by atoms with E-state index in [1.807, 2.05) is 11.3 Å². The third kappa shape index (κ3) is 3.09. The molecular weight excluding hydrogens is 274 g/mol. The number of nitrogens with zero attached hydrogens (tertiary/aromatic N) is 2. The van der Waals surface area contributed by atoms with Gasteiger partial charge in [0.2, 0.25) is 0 Å². The van der Waals surface area contributed by atoms with Crippen LogP contribution in [0, 0.1) is 0 Å². The van der Waals surface area contributed by atoms with Crippen molar-refractivity contribution in [2.75, 3.05) is 30.0 Å². The van der Waals surface area contributed by atoms with Crippen molar-refractivity contribution in [2.45, 2.75) is 44.7 Å². The van der Waals surface area contributed by atoms with Gasteiger partial charge in [-0.15, -0.1) is 11.3 Å². The lowest BCUT2D eigenvalue weighted by Gasteiger charge is -2.22. The highest BCUT2D eigenvalue weighted by molar-refractivity contribution is 7.99. The highest BCUT2D eigenvalue weighted by atomic mass is 32.2. The van der Waals surface area contributed by atoms with Gasteiger partial charge in [0.1, 0.15) is 0 Å². The van der Waals surface area contributed by atoms with Crippen LogP contribution in [-0.2, 0) is 6.54 Å². The zero-order valence-corrected chi connectivity index (χ0v) is 13.4. The number of nitrogens with one attached hydrogen (secondary N) is 1. The molecule has 3 rings (SSSR count). The molecule has 1 aliphatic heterocycles. The first-order chi connectivity index (χ1) is 9.29. The number of aromatic nitrogens is 1. The van der Waals surface area contributed by atoms with Crippen LogP contribution in [0.2, 0.25) is 0 Å². The molecule has 1 N–H and O–H groups in total. The van der Waals surface area contributed by atoms with E-state index in [9.17, 15) is 0 Å². The van der Waals surface area contributed by atoms with Gasteiger partial charge in [-0.05, 0) is 31.6 Å². The van der Waals surface area contributed by atoms with Gasteiger partial charge in [0.15, 0.2) is 5.13 Å². The van der Waals surface area contributed by atoms with Crippen molar-refractivity contribution in [2.24, 2.45) is 0 Å². The van der Waals surface area contributed by atoms with Crippen LogP contribution < -0.4 is 10.2 Å². The summed E-state index contributed by atoms with van der Waals surface area (Å²) in [5.74, 6) is 3.32. The first-order valence-corrected chi connectivity index (χ1v) is 9.27. The molecule has 1 saturated carbocycles. The summed E-state index contributed by atoms with van der Waals surface area (Å²) in [4.78, 5) is 8.86. The predicted octanol–water partition coefficient (Wildman–Crippen LogP) is 3.07. The number of anilines is 1. The van der Waals surface area contributed by atoms with Crippen LogP contribution in [0.15, 0.2) is 0 Å². The smallest absolute Gasteiger partial charge is 0.185 e. The van der Waals surface area contributed by atoms with Crippen LogP contribution in [0.1, 0.15) is 42.7 Å². The second-order valence-electron chi connectivity index (χ2n) is 5.49. The number of rotatable bonds is 6. The van der Waals surface area contributed by atoms with Gasteiger partial charge in [-0.1, -0.05) is 6.92 Å². The average Bonchev–Trinajstić information content (AvgIpc) is 2.96. The van der Waals surface area contributed by atoms with Crippen molar-refractivity contribution in [1.29, 1.82) is 0 Å². The van der Waals surface area contributed by atoms with E-state index in [-0.39, 0.29) is 0 Å². The topological polar surface area (TPSA) is 28.2 Å². The van der Waals surface area contributed by atoms with Crippen LogP contribution in [0.4, 0.5) is 5.13 Å².